The third kappa shape index (κ3) is 3.86. The Kier molecular flexibility index (Phi) is 5.00. The lowest BCUT2D eigenvalue weighted by Gasteiger charge is -2.36. The van der Waals surface area contributed by atoms with Gasteiger partial charge in [0.25, 0.3) is 5.91 Å². The molecular weight excluding hydrogens is 330 g/mol. The highest BCUT2D eigenvalue weighted by Gasteiger charge is 2.21. The number of nitrogens with one attached hydrogen (secondary N) is 2. The zero-order valence-corrected chi connectivity index (χ0v) is 13.8. The molecule has 2 heterocycles. The normalized spacial score (nSPS) is 14.5. The van der Waals surface area contributed by atoms with Crippen LogP contribution in [0.3, 0.4) is 0 Å². The van der Waals surface area contributed by atoms with E-state index in [-0.39, 0.29) is 18.4 Å². The van der Waals surface area contributed by atoms with Crippen LogP contribution < -0.4 is 10.2 Å². The lowest BCUT2D eigenvalue weighted by atomic mass is 10.2. The molecule has 7 nitrogen and oxygen atoms in total. The van der Waals surface area contributed by atoms with Crippen LogP contribution in [-0.2, 0) is 4.79 Å². The summed E-state index contributed by atoms with van der Waals surface area (Å²) < 4.78 is 0. The molecule has 2 amide bonds. The summed E-state index contributed by atoms with van der Waals surface area (Å²) in [5, 5.41) is 9.57. The highest BCUT2D eigenvalue weighted by atomic mass is 35.5. The minimum atomic E-state index is -0.335. The minimum absolute atomic E-state index is 0.0188. The molecule has 126 valence electrons. The summed E-state index contributed by atoms with van der Waals surface area (Å²) in [5.74, 6) is -0.424. The van der Waals surface area contributed by atoms with Crippen LogP contribution in [0.4, 0.5) is 5.69 Å². The minimum Gasteiger partial charge on any atom is -0.368 e. The lowest BCUT2D eigenvalue weighted by Crippen LogP contribution is -2.51. The fourth-order valence-electron chi connectivity index (χ4n) is 2.63. The average molecular weight is 348 g/mol. The molecule has 0 unspecified atom stereocenters. The summed E-state index contributed by atoms with van der Waals surface area (Å²) in [6.45, 7) is 2.69. The first-order valence-corrected chi connectivity index (χ1v) is 8.07. The summed E-state index contributed by atoms with van der Waals surface area (Å²) >= 11 is 6.02. The molecular formula is C16H18ClN5O2. The molecule has 8 heteroatoms. The first kappa shape index (κ1) is 16.3. The van der Waals surface area contributed by atoms with Crippen LogP contribution in [0.2, 0.25) is 5.02 Å². The second-order valence-corrected chi connectivity index (χ2v) is 5.94. The highest BCUT2D eigenvalue weighted by Crippen LogP contribution is 2.20. The van der Waals surface area contributed by atoms with Gasteiger partial charge in [-0.1, -0.05) is 17.7 Å². The lowest BCUT2D eigenvalue weighted by molar-refractivity contribution is -0.130. The maximum absolute atomic E-state index is 12.2. The number of H-pyrrole nitrogens is 1. The van der Waals surface area contributed by atoms with E-state index < -0.39 is 0 Å². The van der Waals surface area contributed by atoms with Crippen LogP contribution in [0.1, 0.15) is 10.5 Å². The largest absolute Gasteiger partial charge is 0.368 e. The molecule has 24 heavy (non-hydrogen) atoms. The van der Waals surface area contributed by atoms with Crippen molar-refractivity contribution in [1.29, 1.82) is 0 Å². The van der Waals surface area contributed by atoms with Crippen molar-refractivity contribution in [3.63, 3.8) is 0 Å². The molecule has 1 aliphatic heterocycles. The number of anilines is 1. The third-order valence-corrected chi connectivity index (χ3v) is 4.19. The summed E-state index contributed by atoms with van der Waals surface area (Å²) in [6.07, 6.45) is 1.49. The fourth-order valence-corrected chi connectivity index (χ4v) is 2.82. The molecule has 0 radical (unpaired) electrons. The SMILES string of the molecule is O=C(NCC(=O)N1CCN(c2cccc(Cl)c2)CC1)c1ccn[nH]1. The number of hydrogen-bond acceptors (Lipinski definition) is 4. The van der Waals surface area contributed by atoms with E-state index in [2.05, 4.69) is 20.4 Å². The second-order valence-electron chi connectivity index (χ2n) is 5.50. The van der Waals surface area contributed by atoms with Crippen molar-refractivity contribution in [2.24, 2.45) is 0 Å². The molecule has 1 saturated heterocycles. The third-order valence-electron chi connectivity index (χ3n) is 3.95. The molecule has 1 aromatic heterocycles. The average Bonchev–Trinajstić information content (AvgIpc) is 3.14. The molecule has 0 spiro atoms. The van der Waals surface area contributed by atoms with Gasteiger partial charge in [0.05, 0.1) is 6.54 Å². The number of carbonyl (C=O) groups excluding carboxylic acids is 2. The van der Waals surface area contributed by atoms with Gasteiger partial charge in [-0.25, -0.2) is 0 Å². The Bertz CT molecular complexity index is 711. The van der Waals surface area contributed by atoms with Gasteiger partial charge in [0.15, 0.2) is 0 Å². The van der Waals surface area contributed by atoms with Crippen LogP contribution in [0.5, 0.6) is 0 Å². The van der Waals surface area contributed by atoms with Crippen LogP contribution in [0, 0.1) is 0 Å². The van der Waals surface area contributed by atoms with E-state index >= 15 is 0 Å². The molecule has 0 bridgehead atoms. The number of hydrogen-bond donors (Lipinski definition) is 2. The number of carbonyl (C=O) groups is 2. The highest BCUT2D eigenvalue weighted by molar-refractivity contribution is 6.30. The van der Waals surface area contributed by atoms with Crippen LogP contribution in [0.15, 0.2) is 36.5 Å². The van der Waals surface area contributed by atoms with E-state index in [1.165, 1.54) is 6.20 Å². The Hall–Kier alpha value is -2.54. The molecule has 2 N–H and O–H groups in total. The standard InChI is InChI=1S/C16H18ClN5O2/c17-12-2-1-3-13(10-12)21-6-8-22(9-7-21)15(23)11-18-16(24)14-4-5-19-20-14/h1-5,10H,6-9,11H2,(H,18,24)(H,19,20). The Morgan fingerprint density at radius 2 is 2.00 bits per heavy atom. The number of amides is 2. The molecule has 1 aliphatic rings. The second kappa shape index (κ2) is 7.35. The van der Waals surface area contributed by atoms with Crippen molar-refractivity contribution in [3.8, 4) is 0 Å². The zero-order valence-electron chi connectivity index (χ0n) is 13.0. The van der Waals surface area contributed by atoms with E-state index in [1.807, 2.05) is 24.3 Å². The molecule has 3 rings (SSSR count). The topological polar surface area (TPSA) is 81.3 Å². The van der Waals surface area contributed by atoms with E-state index in [0.717, 1.165) is 18.8 Å². The first-order chi connectivity index (χ1) is 11.6. The van der Waals surface area contributed by atoms with Crippen LogP contribution >= 0.6 is 11.6 Å². The monoisotopic (exact) mass is 347 g/mol. The van der Waals surface area contributed by atoms with Crippen molar-refractivity contribution in [3.05, 3.63) is 47.2 Å². The van der Waals surface area contributed by atoms with E-state index in [0.29, 0.717) is 23.8 Å². The number of rotatable bonds is 4. The number of benzene rings is 1. The quantitative estimate of drug-likeness (QED) is 0.869. The van der Waals surface area contributed by atoms with Gasteiger partial charge in [0, 0.05) is 43.1 Å². The molecule has 2 aromatic rings. The predicted molar refractivity (Wildman–Crippen MR) is 91.2 cm³/mol. The Balaban J connectivity index is 1.47. The number of halogens is 1. The van der Waals surface area contributed by atoms with Gasteiger partial charge in [-0.2, -0.15) is 5.10 Å². The summed E-state index contributed by atoms with van der Waals surface area (Å²) in [5.41, 5.74) is 1.40. The Labute approximate surface area is 144 Å². The zero-order chi connectivity index (χ0) is 16.9. The maximum atomic E-state index is 12.2. The van der Waals surface area contributed by atoms with Crippen molar-refractivity contribution in [1.82, 2.24) is 20.4 Å². The van der Waals surface area contributed by atoms with E-state index in [1.54, 1.807) is 11.0 Å². The van der Waals surface area contributed by atoms with Crippen LogP contribution in [0.25, 0.3) is 0 Å². The number of piperazine rings is 1. The number of nitrogens with zero attached hydrogens (tertiary/aromatic N) is 3. The molecule has 1 fully saturated rings. The van der Waals surface area contributed by atoms with Gasteiger partial charge in [0.2, 0.25) is 5.91 Å². The fraction of sp³-hybridized carbons (Fsp3) is 0.312. The van der Waals surface area contributed by atoms with Gasteiger partial charge in [-0.05, 0) is 24.3 Å². The van der Waals surface area contributed by atoms with Crippen molar-refractivity contribution < 1.29 is 9.59 Å². The van der Waals surface area contributed by atoms with E-state index in [9.17, 15) is 9.59 Å². The Morgan fingerprint density at radius 3 is 2.67 bits per heavy atom. The number of aromatic nitrogens is 2. The van der Waals surface area contributed by atoms with Crippen LogP contribution in [-0.4, -0.2) is 59.6 Å². The van der Waals surface area contributed by atoms with Crippen molar-refractivity contribution in [2.75, 3.05) is 37.6 Å². The Morgan fingerprint density at radius 1 is 1.21 bits per heavy atom. The summed E-state index contributed by atoms with van der Waals surface area (Å²) in [7, 11) is 0. The van der Waals surface area contributed by atoms with Gasteiger partial charge in [-0.15, -0.1) is 0 Å². The predicted octanol–water partition coefficient (Wildman–Crippen LogP) is 1.14. The van der Waals surface area contributed by atoms with Gasteiger partial charge in [-0.3, -0.25) is 14.7 Å². The van der Waals surface area contributed by atoms with Crippen molar-refractivity contribution in [2.45, 2.75) is 0 Å². The smallest absolute Gasteiger partial charge is 0.269 e. The maximum Gasteiger partial charge on any atom is 0.269 e. The summed E-state index contributed by atoms with van der Waals surface area (Å²) in [4.78, 5) is 28.0. The molecule has 0 atom stereocenters. The number of aromatic amines is 1. The van der Waals surface area contributed by atoms with E-state index in [4.69, 9.17) is 11.6 Å². The first-order valence-electron chi connectivity index (χ1n) is 7.69. The van der Waals surface area contributed by atoms with Gasteiger partial charge < -0.3 is 15.1 Å². The molecule has 0 saturated carbocycles. The summed E-state index contributed by atoms with van der Waals surface area (Å²) in [6, 6.07) is 9.24. The molecule has 0 aliphatic carbocycles. The van der Waals surface area contributed by atoms with Gasteiger partial charge >= 0.3 is 0 Å². The molecule has 1 aromatic carbocycles. The van der Waals surface area contributed by atoms with Crippen molar-refractivity contribution >= 4 is 29.1 Å². The van der Waals surface area contributed by atoms with Gasteiger partial charge in [0.1, 0.15) is 5.69 Å².